The largest absolute Gasteiger partial charge is 0.370 e. The average Bonchev–Trinajstić information content (AvgIpc) is 3.45. The fraction of sp³-hybridized carbons (Fsp3) is 0.368. The molecule has 0 saturated heterocycles. The first-order valence-electron chi connectivity index (χ1n) is 9.45. The van der Waals surface area contributed by atoms with Crippen LogP contribution in [-0.4, -0.2) is 38.6 Å². The smallest absolute Gasteiger partial charge is 0.260 e. The lowest BCUT2D eigenvalue weighted by Gasteiger charge is -2.06. The summed E-state index contributed by atoms with van der Waals surface area (Å²) in [5, 5.41) is 7.84. The van der Waals surface area contributed by atoms with Gasteiger partial charge in [0, 0.05) is 25.2 Å². The molecule has 1 saturated carbocycles. The van der Waals surface area contributed by atoms with Crippen LogP contribution in [0, 0.1) is 0 Å². The zero-order valence-corrected chi connectivity index (χ0v) is 15.6. The molecule has 2 heterocycles. The van der Waals surface area contributed by atoms with Gasteiger partial charge in [-0.05, 0) is 36.9 Å². The summed E-state index contributed by atoms with van der Waals surface area (Å²) in [6.45, 7) is 2.18. The topological polar surface area (TPSA) is 139 Å². The second-order valence-corrected chi connectivity index (χ2v) is 7.04. The van der Waals surface area contributed by atoms with Crippen molar-refractivity contribution in [3.05, 3.63) is 52.2 Å². The number of fused-ring (bicyclic) bond motifs is 1. The molecule has 28 heavy (non-hydrogen) atoms. The van der Waals surface area contributed by atoms with E-state index in [0.717, 1.165) is 49.3 Å². The molecule has 0 unspecified atom stereocenters. The highest BCUT2D eigenvalue weighted by atomic mass is 16.1. The van der Waals surface area contributed by atoms with Gasteiger partial charge in [0.15, 0.2) is 11.8 Å². The number of aliphatic imine (C=N–C) groups is 1. The Morgan fingerprint density at radius 1 is 1.29 bits per heavy atom. The quantitative estimate of drug-likeness (QED) is 0.258. The molecule has 9 heteroatoms. The van der Waals surface area contributed by atoms with Crippen LogP contribution in [0.5, 0.6) is 0 Å². The summed E-state index contributed by atoms with van der Waals surface area (Å²) in [4.78, 5) is 23.6. The summed E-state index contributed by atoms with van der Waals surface area (Å²) in [6.07, 6.45) is 4.87. The fourth-order valence-corrected chi connectivity index (χ4v) is 3.03. The van der Waals surface area contributed by atoms with Gasteiger partial charge in [-0.2, -0.15) is 4.98 Å². The molecule has 0 amide bonds. The zero-order chi connectivity index (χ0) is 19.5. The van der Waals surface area contributed by atoms with Crippen LogP contribution in [0.25, 0.3) is 16.9 Å². The van der Waals surface area contributed by atoms with Crippen molar-refractivity contribution in [1.29, 1.82) is 0 Å². The van der Waals surface area contributed by atoms with Crippen molar-refractivity contribution in [3.63, 3.8) is 0 Å². The van der Waals surface area contributed by atoms with Crippen LogP contribution in [0.2, 0.25) is 0 Å². The Balaban J connectivity index is 1.41. The highest BCUT2D eigenvalue weighted by Gasteiger charge is 2.28. The standard InChI is InChI=1S/C19H24N8O/c20-18(21)23-9-1-8-22-10-12-2-4-13(5-3-12)15-11-27-19(25-17(15)28)24-16(26-27)14-6-7-14/h2-5,11,14,22H,1,6-10H2,(H4,20,21,23)(H,24,25,26,28). The predicted molar refractivity (Wildman–Crippen MR) is 108 cm³/mol. The minimum atomic E-state index is -0.159. The van der Waals surface area contributed by atoms with Crippen LogP contribution < -0.4 is 22.3 Å². The maximum Gasteiger partial charge on any atom is 0.260 e. The van der Waals surface area contributed by atoms with E-state index in [1.165, 1.54) is 0 Å². The minimum absolute atomic E-state index is 0.124. The van der Waals surface area contributed by atoms with E-state index < -0.39 is 0 Å². The van der Waals surface area contributed by atoms with Gasteiger partial charge in [-0.25, -0.2) is 4.52 Å². The first-order chi connectivity index (χ1) is 13.6. The molecule has 0 aliphatic heterocycles. The van der Waals surface area contributed by atoms with E-state index in [-0.39, 0.29) is 11.5 Å². The first-order valence-corrected chi connectivity index (χ1v) is 9.45. The number of hydrogen-bond donors (Lipinski definition) is 4. The third-order valence-corrected chi connectivity index (χ3v) is 4.71. The first kappa shape index (κ1) is 18.2. The third-order valence-electron chi connectivity index (χ3n) is 4.71. The Kier molecular flexibility index (Phi) is 5.07. The molecule has 1 aliphatic carbocycles. The molecule has 146 valence electrons. The molecule has 3 aromatic rings. The van der Waals surface area contributed by atoms with Gasteiger partial charge >= 0.3 is 0 Å². The highest BCUT2D eigenvalue weighted by Crippen LogP contribution is 2.38. The molecular formula is C19H24N8O. The van der Waals surface area contributed by atoms with Crippen molar-refractivity contribution in [3.8, 4) is 11.1 Å². The van der Waals surface area contributed by atoms with Crippen LogP contribution in [0.15, 0.2) is 40.2 Å². The molecule has 1 aliphatic rings. The summed E-state index contributed by atoms with van der Waals surface area (Å²) < 4.78 is 1.66. The Hall–Kier alpha value is -3.20. The fourth-order valence-electron chi connectivity index (χ4n) is 3.03. The van der Waals surface area contributed by atoms with E-state index in [2.05, 4.69) is 25.4 Å². The molecule has 0 radical (unpaired) electrons. The number of nitrogens with zero attached hydrogens (tertiary/aromatic N) is 4. The monoisotopic (exact) mass is 380 g/mol. The number of hydrogen-bond acceptors (Lipinski definition) is 5. The molecule has 9 nitrogen and oxygen atoms in total. The molecule has 0 bridgehead atoms. The van der Waals surface area contributed by atoms with Gasteiger partial charge in [-0.15, -0.1) is 5.10 Å². The molecule has 2 aromatic heterocycles. The molecule has 0 atom stereocenters. The van der Waals surface area contributed by atoms with Crippen LogP contribution >= 0.6 is 0 Å². The molecule has 1 aromatic carbocycles. The summed E-state index contributed by atoms with van der Waals surface area (Å²) in [6, 6.07) is 7.93. The van der Waals surface area contributed by atoms with Crippen LogP contribution in [0.1, 0.15) is 36.6 Å². The molecular weight excluding hydrogens is 356 g/mol. The van der Waals surface area contributed by atoms with Crippen molar-refractivity contribution >= 4 is 11.7 Å². The van der Waals surface area contributed by atoms with Crippen molar-refractivity contribution in [2.75, 3.05) is 13.1 Å². The molecule has 1 fully saturated rings. The van der Waals surface area contributed by atoms with Crippen LogP contribution in [0.4, 0.5) is 0 Å². The maximum absolute atomic E-state index is 12.5. The Bertz CT molecular complexity index is 1040. The van der Waals surface area contributed by atoms with E-state index in [1.807, 2.05) is 24.3 Å². The van der Waals surface area contributed by atoms with Crippen molar-refractivity contribution in [2.45, 2.75) is 31.7 Å². The maximum atomic E-state index is 12.5. The van der Waals surface area contributed by atoms with Gasteiger partial charge < -0.3 is 16.8 Å². The van der Waals surface area contributed by atoms with Crippen LogP contribution in [-0.2, 0) is 6.54 Å². The summed E-state index contributed by atoms with van der Waals surface area (Å²) in [5.74, 6) is 1.88. The molecule has 0 spiro atoms. The van der Waals surface area contributed by atoms with E-state index in [1.54, 1.807) is 10.7 Å². The molecule has 6 N–H and O–H groups in total. The zero-order valence-electron chi connectivity index (χ0n) is 15.6. The van der Waals surface area contributed by atoms with E-state index in [9.17, 15) is 4.79 Å². The van der Waals surface area contributed by atoms with Gasteiger partial charge in [0.25, 0.3) is 5.56 Å². The minimum Gasteiger partial charge on any atom is -0.370 e. The number of H-pyrrole nitrogens is 1. The van der Waals surface area contributed by atoms with Gasteiger partial charge in [-0.1, -0.05) is 24.3 Å². The summed E-state index contributed by atoms with van der Waals surface area (Å²) in [7, 11) is 0. The van der Waals surface area contributed by atoms with Gasteiger partial charge in [0.05, 0.1) is 5.56 Å². The van der Waals surface area contributed by atoms with E-state index in [0.29, 0.717) is 23.8 Å². The average molecular weight is 380 g/mol. The lowest BCUT2D eigenvalue weighted by atomic mass is 10.1. The molecule has 4 rings (SSSR count). The predicted octanol–water partition coefficient (Wildman–Crippen LogP) is 0.715. The van der Waals surface area contributed by atoms with Crippen LogP contribution in [0.3, 0.4) is 0 Å². The highest BCUT2D eigenvalue weighted by molar-refractivity contribution is 5.75. The Morgan fingerprint density at radius 2 is 2.07 bits per heavy atom. The normalized spacial score (nSPS) is 13.7. The van der Waals surface area contributed by atoms with E-state index >= 15 is 0 Å². The van der Waals surface area contributed by atoms with Crippen molar-refractivity contribution in [2.24, 2.45) is 16.5 Å². The van der Waals surface area contributed by atoms with Gasteiger partial charge in [0.2, 0.25) is 5.78 Å². The van der Waals surface area contributed by atoms with Crippen molar-refractivity contribution < 1.29 is 0 Å². The lowest BCUT2D eigenvalue weighted by molar-refractivity contribution is 0.655. The number of benzene rings is 1. The third kappa shape index (κ3) is 4.20. The number of nitrogens with two attached hydrogens (primary N) is 2. The van der Waals surface area contributed by atoms with Gasteiger partial charge in [0.1, 0.15) is 0 Å². The number of rotatable bonds is 8. The van der Waals surface area contributed by atoms with Gasteiger partial charge in [-0.3, -0.25) is 14.8 Å². The number of aromatic amines is 1. The Morgan fingerprint density at radius 3 is 2.79 bits per heavy atom. The second kappa shape index (κ2) is 7.81. The Labute approximate surface area is 161 Å². The number of aromatic nitrogens is 4. The van der Waals surface area contributed by atoms with Crippen molar-refractivity contribution in [1.82, 2.24) is 24.9 Å². The summed E-state index contributed by atoms with van der Waals surface area (Å²) >= 11 is 0. The van der Waals surface area contributed by atoms with E-state index in [4.69, 9.17) is 11.5 Å². The summed E-state index contributed by atoms with van der Waals surface area (Å²) in [5.41, 5.74) is 13.0. The number of guanidine groups is 1. The number of nitrogens with one attached hydrogen (secondary N) is 2. The lowest BCUT2D eigenvalue weighted by Crippen LogP contribution is -2.23. The SMILES string of the molecule is NC(N)=NCCCNCc1ccc(-c2cn3nc(C4CC4)nc3[nH]c2=O)cc1. The second-order valence-electron chi connectivity index (χ2n) is 7.04.